The van der Waals surface area contributed by atoms with Gasteiger partial charge in [0.1, 0.15) is 6.61 Å². The predicted octanol–water partition coefficient (Wildman–Crippen LogP) is 3.14. The monoisotopic (exact) mass is 510 g/mol. The van der Waals surface area contributed by atoms with Crippen molar-refractivity contribution < 1.29 is 50.0 Å². The van der Waals surface area contributed by atoms with Crippen LogP contribution in [0.3, 0.4) is 0 Å². The van der Waals surface area contributed by atoms with Crippen molar-refractivity contribution in [2.75, 3.05) is 41.2 Å². The summed E-state index contributed by atoms with van der Waals surface area (Å²) in [6.45, 7) is 1.25. The van der Waals surface area contributed by atoms with Gasteiger partial charge in [0.25, 0.3) is 0 Å². The second-order valence-corrected chi connectivity index (χ2v) is 8.21. The van der Waals surface area contributed by atoms with Crippen molar-refractivity contribution in [3.63, 3.8) is 0 Å². The fourth-order valence-electron chi connectivity index (χ4n) is 5.15. The molecule has 1 aromatic rings. The van der Waals surface area contributed by atoms with E-state index in [1.54, 1.807) is 21.3 Å². The van der Waals surface area contributed by atoms with E-state index in [2.05, 4.69) is 0 Å². The topological polar surface area (TPSA) is 72.5 Å². The molecule has 3 fully saturated rings. The van der Waals surface area contributed by atoms with Crippen molar-refractivity contribution in [2.45, 2.75) is 12.2 Å². The molecule has 34 heavy (non-hydrogen) atoms. The van der Waals surface area contributed by atoms with Gasteiger partial charge in [0.05, 0.1) is 46.4 Å². The molecule has 7 nitrogen and oxygen atoms in total. The van der Waals surface area contributed by atoms with Crippen LogP contribution < -0.4 is 14.2 Å². The van der Waals surface area contributed by atoms with Crippen molar-refractivity contribution in [3.05, 3.63) is 67.0 Å². The molecule has 0 unspecified atom stereocenters. The molecule has 2 aliphatic heterocycles. The van der Waals surface area contributed by atoms with Crippen molar-refractivity contribution in [2.24, 2.45) is 11.8 Å². The van der Waals surface area contributed by atoms with Crippen LogP contribution in [0.2, 0.25) is 0 Å². The van der Waals surface area contributed by atoms with E-state index < -0.39 is 5.79 Å². The molecule has 182 valence electrons. The summed E-state index contributed by atoms with van der Waals surface area (Å²) in [5, 5.41) is 0. The first-order valence-corrected chi connectivity index (χ1v) is 11.0. The van der Waals surface area contributed by atoms with E-state index in [-0.39, 0.29) is 41.2 Å². The van der Waals surface area contributed by atoms with Gasteiger partial charge in [-0.05, 0) is 55.7 Å². The summed E-state index contributed by atoms with van der Waals surface area (Å²) in [4.78, 5) is 12.6. The summed E-state index contributed by atoms with van der Waals surface area (Å²) in [7, 11) is 4.77. The Morgan fingerprint density at radius 2 is 1.56 bits per heavy atom. The van der Waals surface area contributed by atoms with Crippen LogP contribution in [0.15, 0.2) is 23.8 Å². The van der Waals surface area contributed by atoms with E-state index in [0.717, 1.165) is 22.3 Å². The zero-order valence-corrected chi connectivity index (χ0v) is 20.3. The molecule has 2 saturated heterocycles. The number of fused-ring (bicyclic) bond motifs is 5. The quantitative estimate of drug-likeness (QED) is 0.579. The van der Waals surface area contributed by atoms with Gasteiger partial charge in [0.15, 0.2) is 11.5 Å². The molecule has 3 aliphatic carbocycles. The zero-order chi connectivity index (χ0) is 23.0. The molecule has 6 radical (unpaired) electrons. The molecular formula is C26H27CoO7. The minimum absolute atomic E-state index is 0. The maximum absolute atomic E-state index is 12.6. The number of hydrogen-bond donors (Lipinski definition) is 0. The van der Waals surface area contributed by atoms with Crippen LogP contribution >= 0.6 is 0 Å². The van der Waals surface area contributed by atoms with Gasteiger partial charge in [0, 0.05) is 27.9 Å². The number of methoxy groups -OCH3 is 3. The molecule has 0 aromatic heterocycles. The maximum atomic E-state index is 12.6. The Kier molecular flexibility index (Phi) is 7.62. The number of esters is 1. The minimum Gasteiger partial charge on any atom is -0.493 e. The molecule has 6 rings (SSSR count). The fourth-order valence-corrected chi connectivity index (χ4v) is 5.15. The first kappa shape index (κ1) is 25.1. The van der Waals surface area contributed by atoms with Crippen molar-refractivity contribution in [3.8, 4) is 17.2 Å². The number of rotatable bonds is 3. The molecule has 2 atom stereocenters. The molecule has 5 aliphatic rings. The van der Waals surface area contributed by atoms with Gasteiger partial charge in [0.2, 0.25) is 11.5 Å². The van der Waals surface area contributed by atoms with E-state index in [4.69, 9.17) is 28.4 Å². The van der Waals surface area contributed by atoms with Crippen LogP contribution in [0, 0.1) is 43.9 Å². The van der Waals surface area contributed by atoms with Crippen LogP contribution in [0.4, 0.5) is 0 Å². The molecule has 0 N–H and O–H groups in total. The standard InChI is InChI=1S/C21H22O7.C5H5.Co/c1-23-16-9-11-8-13-15(10-26-20(13)22)21(27-6-7-28-21)14-5-4-12(14)17(11)19(25-3)18(16)24-2;1-2-4-5-3-1;/h4-5,9,13,15H,6-8,10H2,1-3H3;1-5H;/t13-,15+;;/m1../s1. The Bertz CT molecular complexity index is 982. The van der Waals surface area contributed by atoms with Crippen molar-refractivity contribution >= 4 is 11.5 Å². The summed E-state index contributed by atoms with van der Waals surface area (Å²) >= 11 is 0. The molecule has 8 heteroatoms. The van der Waals surface area contributed by atoms with Gasteiger partial charge >= 0.3 is 5.97 Å². The Hall–Kier alpha value is -2.00. The maximum Gasteiger partial charge on any atom is 0.309 e. The first-order valence-electron chi connectivity index (χ1n) is 11.0. The van der Waals surface area contributed by atoms with Gasteiger partial charge in [-0.1, -0.05) is 12.2 Å². The fraction of sp³-hybridized carbons (Fsp3) is 0.385. The minimum atomic E-state index is -0.962. The summed E-state index contributed by atoms with van der Waals surface area (Å²) in [6.07, 6.45) is 14.5. The largest absolute Gasteiger partial charge is 0.493 e. The third kappa shape index (κ3) is 3.94. The average Bonchev–Trinajstić information content (AvgIpc) is 3.57. The van der Waals surface area contributed by atoms with E-state index in [1.807, 2.05) is 50.3 Å². The number of carbonyl (C=O) groups is 1. The van der Waals surface area contributed by atoms with Crippen LogP contribution in [0.1, 0.15) is 11.1 Å². The van der Waals surface area contributed by atoms with E-state index in [1.165, 1.54) is 0 Å². The van der Waals surface area contributed by atoms with Gasteiger partial charge in [-0.3, -0.25) is 4.79 Å². The van der Waals surface area contributed by atoms with Gasteiger partial charge in [-0.15, -0.1) is 0 Å². The third-order valence-corrected chi connectivity index (χ3v) is 6.66. The number of ether oxygens (including phenoxy) is 6. The SMILES string of the molecule is COc1cc2c(c(OC)c1OC)C1=C(C=C1)C1(OCCO1)[C@H]1COC(=O)[C@@H]1C2.[CH]1[CH][CH][CH][CH]1.[Co]. The van der Waals surface area contributed by atoms with Gasteiger partial charge in [-0.25, -0.2) is 0 Å². The molecule has 1 aromatic carbocycles. The van der Waals surface area contributed by atoms with E-state index in [9.17, 15) is 4.79 Å². The molecule has 0 amide bonds. The number of carbonyl (C=O) groups excluding carboxylic acids is 1. The van der Waals surface area contributed by atoms with Crippen LogP contribution in [-0.4, -0.2) is 52.9 Å². The van der Waals surface area contributed by atoms with Crippen LogP contribution in [0.25, 0.3) is 5.57 Å². The summed E-state index contributed by atoms with van der Waals surface area (Å²) < 4.78 is 34.6. The summed E-state index contributed by atoms with van der Waals surface area (Å²) in [5.41, 5.74) is 3.74. The first-order chi connectivity index (χ1) is 16.1. The smallest absolute Gasteiger partial charge is 0.309 e. The summed E-state index contributed by atoms with van der Waals surface area (Å²) in [6, 6.07) is 1.92. The van der Waals surface area contributed by atoms with E-state index >= 15 is 0 Å². The number of hydrogen-bond acceptors (Lipinski definition) is 7. The predicted molar refractivity (Wildman–Crippen MR) is 120 cm³/mol. The number of benzene rings is 1. The van der Waals surface area contributed by atoms with Crippen LogP contribution in [-0.2, 0) is 42.2 Å². The zero-order valence-electron chi connectivity index (χ0n) is 19.3. The summed E-state index contributed by atoms with van der Waals surface area (Å²) in [5.74, 6) is -0.106. The van der Waals surface area contributed by atoms with Gasteiger partial charge in [-0.2, -0.15) is 0 Å². The van der Waals surface area contributed by atoms with Crippen LogP contribution in [0.5, 0.6) is 17.2 Å². The molecule has 1 spiro atoms. The Morgan fingerprint density at radius 1 is 0.912 bits per heavy atom. The molecule has 2 heterocycles. The average molecular weight is 510 g/mol. The normalized spacial score (nSPS) is 25.4. The Balaban J connectivity index is 0.000000407. The molecule has 1 saturated carbocycles. The Morgan fingerprint density at radius 3 is 2.09 bits per heavy atom. The van der Waals surface area contributed by atoms with E-state index in [0.29, 0.717) is 36.9 Å². The molecule has 0 bridgehead atoms. The number of cyclic esters (lactones) is 1. The second-order valence-electron chi connectivity index (χ2n) is 8.21. The van der Waals surface area contributed by atoms with Crippen molar-refractivity contribution in [1.82, 2.24) is 0 Å². The second kappa shape index (κ2) is 10.3. The molecular weight excluding hydrogens is 483 g/mol. The third-order valence-electron chi connectivity index (χ3n) is 6.66. The van der Waals surface area contributed by atoms with Crippen molar-refractivity contribution in [1.29, 1.82) is 0 Å². The Labute approximate surface area is 210 Å². The van der Waals surface area contributed by atoms with Gasteiger partial charge < -0.3 is 28.4 Å². The number of allylic oxidation sites excluding steroid dienone is 2.